The molecule has 6 nitrogen and oxygen atoms in total. The molecule has 0 aromatic heterocycles. The molecule has 2 heterocycles. The van der Waals surface area contributed by atoms with Crippen LogP contribution in [0.3, 0.4) is 0 Å². The maximum absolute atomic E-state index is 13.1. The number of carbonyl (C=O) groups excluding carboxylic acids is 1. The normalized spacial score (nSPS) is 22.3. The molecule has 0 spiro atoms. The van der Waals surface area contributed by atoms with E-state index in [0.29, 0.717) is 31.1 Å². The quantitative estimate of drug-likeness (QED) is 0.735. The van der Waals surface area contributed by atoms with Crippen LogP contribution in [0.4, 0.5) is 4.39 Å². The zero-order valence-corrected chi connectivity index (χ0v) is 17.4. The van der Waals surface area contributed by atoms with Crippen LogP contribution in [0, 0.1) is 5.82 Å². The summed E-state index contributed by atoms with van der Waals surface area (Å²) in [6.07, 6.45) is 0.652. The molecule has 2 aromatic carbocycles. The number of hydrazine groups is 1. The van der Waals surface area contributed by atoms with E-state index in [1.165, 1.54) is 12.1 Å². The molecule has 2 saturated heterocycles. The molecule has 8 heteroatoms. The molecule has 0 aliphatic carbocycles. The molecular formula is C22H26ClFN4O2. The van der Waals surface area contributed by atoms with Crippen molar-refractivity contribution >= 4 is 17.5 Å². The van der Waals surface area contributed by atoms with Crippen molar-refractivity contribution in [2.24, 2.45) is 0 Å². The summed E-state index contributed by atoms with van der Waals surface area (Å²) in [6, 6.07) is 13.5. The second-order valence-electron chi connectivity index (χ2n) is 7.65. The summed E-state index contributed by atoms with van der Waals surface area (Å²) in [5.41, 5.74) is 7.25. The molecule has 2 aromatic rings. The molecule has 2 unspecified atom stereocenters. The number of rotatable bonds is 6. The van der Waals surface area contributed by atoms with Crippen molar-refractivity contribution in [3.63, 3.8) is 0 Å². The fourth-order valence-electron chi connectivity index (χ4n) is 3.87. The predicted molar refractivity (Wildman–Crippen MR) is 114 cm³/mol. The number of hydrogen-bond acceptors (Lipinski definition) is 5. The number of carbonyl (C=O) groups is 1. The summed E-state index contributed by atoms with van der Waals surface area (Å²) in [5, 5.41) is 0.694. The molecule has 2 atom stereocenters. The Hall–Kier alpha value is -2.19. The van der Waals surface area contributed by atoms with Gasteiger partial charge in [-0.15, -0.1) is 0 Å². The number of ether oxygens (including phenoxy) is 1. The minimum atomic E-state index is -0.264. The number of nitrogens with zero attached hydrogens (tertiary/aromatic N) is 2. The largest absolute Gasteiger partial charge is 0.492 e. The lowest BCUT2D eigenvalue weighted by Gasteiger charge is -2.35. The first-order chi connectivity index (χ1) is 14.6. The summed E-state index contributed by atoms with van der Waals surface area (Å²) >= 11 is 5.88. The van der Waals surface area contributed by atoms with Gasteiger partial charge in [0, 0.05) is 43.8 Å². The number of benzene rings is 2. The van der Waals surface area contributed by atoms with Gasteiger partial charge in [0.25, 0.3) is 0 Å². The fourth-order valence-corrected chi connectivity index (χ4v) is 3.99. The third-order valence-electron chi connectivity index (χ3n) is 5.65. The number of halogens is 2. The van der Waals surface area contributed by atoms with Gasteiger partial charge in [0.05, 0.1) is 0 Å². The van der Waals surface area contributed by atoms with Crippen molar-refractivity contribution in [3.05, 3.63) is 64.9 Å². The highest BCUT2D eigenvalue weighted by Gasteiger charge is 2.34. The van der Waals surface area contributed by atoms with E-state index in [0.717, 1.165) is 30.9 Å². The van der Waals surface area contributed by atoms with Crippen LogP contribution in [0.25, 0.3) is 0 Å². The Kier molecular flexibility index (Phi) is 6.84. The highest BCUT2D eigenvalue weighted by atomic mass is 35.5. The zero-order valence-electron chi connectivity index (χ0n) is 16.7. The second kappa shape index (κ2) is 9.75. The van der Waals surface area contributed by atoms with E-state index in [4.69, 9.17) is 16.3 Å². The minimum Gasteiger partial charge on any atom is -0.492 e. The van der Waals surface area contributed by atoms with Crippen molar-refractivity contribution in [2.45, 2.75) is 18.5 Å². The van der Waals surface area contributed by atoms with E-state index >= 15 is 0 Å². The first kappa shape index (κ1) is 21.1. The Morgan fingerprint density at radius 3 is 2.43 bits per heavy atom. The van der Waals surface area contributed by atoms with Crippen LogP contribution in [0.15, 0.2) is 48.5 Å². The molecule has 2 N–H and O–H groups in total. The van der Waals surface area contributed by atoms with Crippen LogP contribution >= 0.6 is 11.6 Å². The molecule has 2 aliphatic rings. The van der Waals surface area contributed by atoms with Crippen molar-refractivity contribution in [1.82, 2.24) is 20.7 Å². The monoisotopic (exact) mass is 432 g/mol. The Morgan fingerprint density at radius 1 is 1.03 bits per heavy atom. The summed E-state index contributed by atoms with van der Waals surface area (Å²) in [4.78, 5) is 17.1. The maximum Gasteiger partial charge on any atom is 0.241 e. The molecule has 160 valence electrons. The number of amides is 1. The Bertz CT molecular complexity index is 841. The van der Waals surface area contributed by atoms with Crippen molar-refractivity contribution in [2.75, 3.05) is 39.3 Å². The van der Waals surface area contributed by atoms with E-state index in [2.05, 4.69) is 15.8 Å². The number of nitrogens with one attached hydrogen (secondary N) is 2. The van der Waals surface area contributed by atoms with Gasteiger partial charge in [0.15, 0.2) is 0 Å². The molecule has 0 saturated carbocycles. The molecule has 2 aliphatic heterocycles. The van der Waals surface area contributed by atoms with Crippen molar-refractivity contribution in [3.8, 4) is 5.75 Å². The average Bonchev–Trinajstić information content (AvgIpc) is 3.26. The van der Waals surface area contributed by atoms with Gasteiger partial charge in [-0.2, -0.15) is 0 Å². The highest BCUT2D eigenvalue weighted by molar-refractivity contribution is 6.30. The Labute approximate surface area is 180 Å². The van der Waals surface area contributed by atoms with Gasteiger partial charge in [-0.05, 0) is 48.4 Å². The molecule has 0 radical (unpaired) electrons. The molecule has 0 bridgehead atoms. The lowest BCUT2D eigenvalue weighted by Crippen LogP contribution is -2.54. The summed E-state index contributed by atoms with van der Waals surface area (Å²) in [6.45, 7) is 4.50. The van der Waals surface area contributed by atoms with Crippen LogP contribution in [0.2, 0.25) is 5.02 Å². The molecule has 2 fully saturated rings. The Balaban J connectivity index is 1.19. The lowest BCUT2D eigenvalue weighted by molar-refractivity contribution is -0.135. The second-order valence-corrected chi connectivity index (χ2v) is 8.09. The third-order valence-corrected chi connectivity index (χ3v) is 5.90. The van der Waals surface area contributed by atoms with Gasteiger partial charge in [0.2, 0.25) is 5.91 Å². The van der Waals surface area contributed by atoms with E-state index in [1.54, 1.807) is 12.1 Å². The zero-order chi connectivity index (χ0) is 20.9. The first-order valence-corrected chi connectivity index (χ1v) is 10.6. The number of hydrogen-bond donors (Lipinski definition) is 2. The average molecular weight is 433 g/mol. The van der Waals surface area contributed by atoms with E-state index in [1.807, 2.05) is 29.2 Å². The topological polar surface area (TPSA) is 56.8 Å². The summed E-state index contributed by atoms with van der Waals surface area (Å²) < 4.78 is 18.9. The molecular weight excluding hydrogens is 407 g/mol. The maximum atomic E-state index is 13.1. The van der Waals surface area contributed by atoms with Crippen LogP contribution in [0.1, 0.15) is 18.0 Å². The fraction of sp³-hybridized carbons (Fsp3) is 0.409. The van der Waals surface area contributed by atoms with Crippen LogP contribution in [-0.4, -0.2) is 61.1 Å². The van der Waals surface area contributed by atoms with Crippen LogP contribution < -0.4 is 15.6 Å². The van der Waals surface area contributed by atoms with E-state index < -0.39 is 0 Å². The smallest absolute Gasteiger partial charge is 0.241 e. The van der Waals surface area contributed by atoms with Gasteiger partial charge >= 0.3 is 0 Å². The predicted octanol–water partition coefficient (Wildman–Crippen LogP) is 2.61. The summed E-state index contributed by atoms with van der Waals surface area (Å²) in [7, 11) is 0. The van der Waals surface area contributed by atoms with Gasteiger partial charge in [0.1, 0.15) is 24.2 Å². The van der Waals surface area contributed by atoms with Gasteiger partial charge in [-0.25, -0.2) is 15.2 Å². The van der Waals surface area contributed by atoms with Gasteiger partial charge in [-0.3, -0.25) is 9.69 Å². The van der Waals surface area contributed by atoms with Gasteiger partial charge in [-0.1, -0.05) is 23.7 Å². The van der Waals surface area contributed by atoms with Crippen molar-refractivity contribution in [1.29, 1.82) is 0 Å². The van der Waals surface area contributed by atoms with Crippen molar-refractivity contribution < 1.29 is 13.9 Å². The third kappa shape index (κ3) is 5.29. The van der Waals surface area contributed by atoms with E-state index in [9.17, 15) is 9.18 Å². The highest BCUT2D eigenvalue weighted by Crippen LogP contribution is 2.23. The van der Waals surface area contributed by atoms with Gasteiger partial charge < -0.3 is 9.64 Å². The minimum absolute atomic E-state index is 0.00542. The standard InChI is InChI=1S/C22H26ClFN4O2/c23-17-3-7-19(8-4-17)30-14-13-27-9-11-28(12-10-27)22(29)21-15-20(25-26-21)16-1-5-18(24)6-2-16/h1-8,20-21,25-26H,9-15H2. The molecule has 1 amide bonds. The SMILES string of the molecule is O=C(C1CC(c2ccc(F)cc2)NN1)N1CCN(CCOc2ccc(Cl)cc2)CC1. The van der Waals surface area contributed by atoms with Crippen LogP contribution in [-0.2, 0) is 4.79 Å². The Morgan fingerprint density at radius 2 is 1.73 bits per heavy atom. The van der Waals surface area contributed by atoms with Crippen LogP contribution in [0.5, 0.6) is 5.75 Å². The first-order valence-electron chi connectivity index (χ1n) is 10.2. The lowest BCUT2D eigenvalue weighted by atomic mass is 10.0. The molecule has 30 heavy (non-hydrogen) atoms. The summed E-state index contributed by atoms with van der Waals surface area (Å²) in [5.74, 6) is 0.668. The van der Waals surface area contributed by atoms with E-state index in [-0.39, 0.29) is 23.8 Å². The molecule has 4 rings (SSSR count). The number of piperazine rings is 1.